The summed E-state index contributed by atoms with van der Waals surface area (Å²) in [6.07, 6.45) is 0. The van der Waals surface area contributed by atoms with E-state index < -0.39 is 16.1 Å². The first-order valence-corrected chi connectivity index (χ1v) is 13.2. The number of nitrogens with one attached hydrogen (secondary N) is 1. The topological polar surface area (TPSA) is 78.9 Å². The van der Waals surface area contributed by atoms with Crippen LogP contribution in [-0.2, 0) is 14.8 Å². The van der Waals surface area contributed by atoms with Gasteiger partial charge in [0.05, 0.1) is 24.1 Å². The van der Waals surface area contributed by atoms with Crippen LogP contribution < -0.4 is 9.46 Å². The van der Waals surface area contributed by atoms with Gasteiger partial charge in [0.15, 0.2) is 0 Å². The SMILES string of the molecule is COc1ccc(S(=O)(=O)NC(C)C(=O)N2CCN(C(c3ccccc3)c3ccccc3)CC2)cc1. The normalized spacial score (nSPS) is 15.7. The van der Waals surface area contributed by atoms with Crippen molar-refractivity contribution < 1.29 is 17.9 Å². The number of carbonyl (C=O) groups excluding carboxylic acids is 1. The monoisotopic (exact) mass is 493 g/mol. The number of amides is 1. The predicted octanol–water partition coefficient (Wildman–Crippen LogP) is 3.30. The number of piperazine rings is 1. The standard InChI is InChI=1S/C27H31N3O4S/c1-21(28-35(32,33)25-15-13-24(34-2)14-16-25)27(31)30-19-17-29(18-20-30)26(22-9-5-3-6-10-22)23-11-7-4-8-12-23/h3-16,21,26,28H,17-20H2,1-2H3. The van der Waals surface area contributed by atoms with Gasteiger partial charge in [0.1, 0.15) is 5.75 Å². The Bertz CT molecular complexity index is 1170. The summed E-state index contributed by atoms with van der Waals surface area (Å²) in [4.78, 5) is 17.3. The Kier molecular flexibility index (Phi) is 7.85. The maximum Gasteiger partial charge on any atom is 0.241 e. The smallest absolute Gasteiger partial charge is 0.241 e. The average Bonchev–Trinajstić information content (AvgIpc) is 2.90. The maximum atomic E-state index is 13.1. The molecule has 1 unspecified atom stereocenters. The molecular weight excluding hydrogens is 462 g/mol. The lowest BCUT2D eigenvalue weighted by Crippen LogP contribution is -2.54. The van der Waals surface area contributed by atoms with Crippen molar-refractivity contribution in [3.63, 3.8) is 0 Å². The molecule has 1 fully saturated rings. The van der Waals surface area contributed by atoms with Crippen LogP contribution in [-0.4, -0.2) is 63.5 Å². The van der Waals surface area contributed by atoms with Gasteiger partial charge in [-0.05, 0) is 42.3 Å². The third kappa shape index (κ3) is 5.90. The van der Waals surface area contributed by atoms with Crippen molar-refractivity contribution >= 4 is 15.9 Å². The second-order valence-electron chi connectivity index (χ2n) is 8.60. The van der Waals surface area contributed by atoms with Gasteiger partial charge in [-0.3, -0.25) is 9.69 Å². The Morgan fingerprint density at radius 1 is 0.829 bits per heavy atom. The number of sulfonamides is 1. The van der Waals surface area contributed by atoms with Gasteiger partial charge in [0.2, 0.25) is 15.9 Å². The highest BCUT2D eigenvalue weighted by molar-refractivity contribution is 7.89. The van der Waals surface area contributed by atoms with Crippen LogP contribution in [0.3, 0.4) is 0 Å². The van der Waals surface area contributed by atoms with Crippen molar-refractivity contribution in [2.24, 2.45) is 0 Å². The van der Waals surface area contributed by atoms with E-state index in [1.165, 1.54) is 30.4 Å². The van der Waals surface area contributed by atoms with Crippen LogP contribution >= 0.6 is 0 Å². The van der Waals surface area contributed by atoms with Crippen LogP contribution in [0.4, 0.5) is 0 Å². The summed E-state index contributed by atoms with van der Waals surface area (Å²) >= 11 is 0. The average molecular weight is 494 g/mol. The molecule has 35 heavy (non-hydrogen) atoms. The molecule has 0 aromatic heterocycles. The van der Waals surface area contributed by atoms with Crippen molar-refractivity contribution in [2.75, 3.05) is 33.3 Å². The van der Waals surface area contributed by atoms with Crippen LogP contribution in [0.25, 0.3) is 0 Å². The molecule has 8 heteroatoms. The van der Waals surface area contributed by atoms with Crippen molar-refractivity contribution in [3.8, 4) is 5.75 Å². The number of methoxy groups -OCH3 is 1. The molecule has 184 valence electrons. The molecule has 1 N–H and O–H groups in total. The molecule has 0 radical (unpaired) electrons. The number of nitrogens with zero attached hydrogens (tertiary/aromatic N) is 2. The fraction of sp³-hybridized carbons (Fsp3) is 0.296. The molecule has 4 rings (SSSR count). The lowest BCUT2D eigenvalue weighted by atomic mass is 9.96. The number of rotatable bonds is 8. The molecule has 1 atom stereocenters. The fourth-order valence-corrected chi connectivity index (χ4v) is 5.66. The van der Waals surface area contributed by atoms with Gasteiger partial charge in [-0.1, -0.05) is 60.7 Å². The van der Waals surface area contributed by atoms with Gasteiger partial charge in [-0.25, -0.2) is 8.42 Å². The minimum Gasteiger partial charge on any atom is -0.497 e. The second-order valence-corrected chi connectivity index (χ2v) is 10.3. The number of benzene rings is 3. The Morgan fingerprint density at radius 2 is 1.34 bits per heavy atom. The minimum absolute atomic E-state index is 0.0938. The van der Waals surface area contributed by atoms with Crippen LogP contribution in [0.2, 0.25) is 0 Å². The zero-order valence-electron chi connectivity index (χ0n) is 20.0. The van der Waals surface area contributed by atoms with Gasteiger partial charge >= 0.3 is 0 Å². The highest BCUT2D eigenvalue weighted by Crippen LogP contribution is 2.29. The van der Waals surface area contributed by atoms with E-state index in [4.69, 9.17) is 4.74 Å². The van der Waals surface area contributed by atoms with Crippen LogP contribution in [0.1, 0.15) is 24.1 Å². The molecule has 1 amide bonds. The Balaban J connectivity index is 1.41. The van der Waals surface area contributed by atoms with Crippen molar-refractivity contribution in [1.82, 2.24) is 14.5 Å². The van der Waals surface area contributed by atoms with Gasteiger partial charge in [-0.2, -0.15) is 4.72 Å². The highest BCUT2D eigenvalue weighted by Gasteiger charge is 2.31. The third-order valence-electron chi connectivity index (χ3n) is 6.29. The van der Waals surface area contributed by atoms with Gasteiger partial charge in [0.25, 0.3) is 0 Å². The Morgan fingerprint density at radius 3 is 1.83 bits per heavy atom. The van der Waals surface area contributed by atoms with Crippen LogP contribution in [0.5, 0.6) is 5.75 Å². The summed E-state index contributed by atoms with van der Waals surface area (Å²) in [5, 5.41) is 0. The van der Waals surface area contributed by atoms with E-state index in [-0.39, 0.29) is 16.8 Å². The predicted molar refractivity (Wildman–Crippen MR) is 136 cm³/mol. The van der Waals surface area contributed by atoms with Gasteiger partial charge in [0, 0.05) is 26.2 Å². The summed E-state index contributed by atoms with van der Waals surface area (Å²) in [5.41, 5.74) is 2.41. The third-order valence-corrected chi connectivity index (χ3v) is 7.85. The fourth-order valence-electron chi connectivity index (χ4n) is 4.47. The van der Waals surface area contributed by atoms with E-state index in [0.717, 1.165) is 0 Å². The molecule has 0 bridgehead atoms. The zero-order chi connectivity index (χ0) is 24.8. The summed E-state index contributed by atoms with van der Waals surface area (Å²) in [6, 6.07) is 26.0. The lowest BCUT2D eigenvalue weighted by Gasteiger charge is -2.40. The molecule has 0 spiro atoms. The minimum atomic E-state index is -3.83. The number of hydrogen-bond donors (Lipinski definition) is 1. The zero-order valence-corrected chi connectivity index (χ0v) is 20.8. The van der Waals surface area contributed by atoms with Crippen molar-refractivity contribution in [3.05, 3.63) is 96.1 Å². The summed E-state index contributed by atoms with van der Waals surface area (Å²) < 4.78 is 33.1. The molecule has 1 aliphatic rings. The molecule has 0 saturated carbocycles. The molecular formula is C27H31N3O4S. The van der Waals surface area contributed by atoms with E-state index in [2.05, 4.69) is 33.9 Å². The first-order chi connectivity index (χ1) is 16.9. The van der Waals surface area contributed by atoms with E-state index in [9.17, 15) is 13.2 Å². The maximum absolute atomic E-state index is 13.1. The second kappa shape index (κ2) is 11.0. The van der Waals surface area contributed by atoms with Crippen LogP contribution in [0, 0.1) is 0 Å². The first-order valence-electron chi connectivity index (χ1n) is 11.7. The highest BCUT2D eigenvalue weighted by atomic mass is 32.2. The number of carbonyl (C=O) groups is 1. The first kappa shape index (κ1) is 24.9. The van der Waals surface area contributed by atoms with Crippen LogP contribution in [0.15, 0.2) is 89.8 Å². The molecule has 1 heterocycles. The summed E-state index contributed by atoms with van der Waals surface area (Å²) in [7, 11) is -2.31. The Hall–Kier alpha value is -3.20. The molecule has 1 saturated heterocycles. The summed E-state index contributed by atoms with van der Waals surface area (Å²) in [5.74, 6) is 0.341. The summed E-state index contributed by atoms with van der Waals surface area (Å²) in [6.45, 7) is 4.04. The molecule has 1 aliphatic heterocycles. The largest absolute Gasteiger partial charge is 0.497 e. The number of ether oxygens (including phenoxy) is 1. The van der Waals surface area contributed by atoms with E-state index >= 15 is 0 Å². The van der Waals surface area contributed by atoms with Crippen molar-refractivity contribution in [1.29, 1.82) is 0 Å². The molecule has 0 aliphatic carbocycles. The Labute approximate surface area is 207 Å². The lowest BCUT2D eigenvalue weighted by molar-refractivity contribution is -0.134. The number of hydrogen-bond acceptors (Lipinski definition) is 5. The molecule has 3 aromatic rings. The van der Waals surface area contributed by atoms with E-state index in [0.29, 0.717) is 31.9 Å². The van der Waals surface area contributed by atoms with Crippen molar-refractivity contribution in [2.45, 2.75) is 23.9 Å². The van der Waals surface area contributed by atoms with E-state index in [1.807, 2.05) is 36.4 Å². The van der Waals surface area contributed by atoms with Gasteiger partial charge in [-0.15, -0.1) is 0 Å². The molecule has 7 nitrogen and oxygen atoms in total. The van der Waals surface area contributed by atoms with Gasteiger partial charge < -0.3 is 9.64 Å². The van der Waals surface area contributed by atoms with E-state index in [1.54, 1.807) is 24.0 Å². The molecule has 3 aromatic carbocycles. The quantitative estimate of drug-likeness (QED) is 0.521.